The highest BCUT2D eigenvalue weighted by Crippen LogP contribution is 2.65. The molecule has 28 heavy (non-hydrogen) atoms. The Labute approximate surface area is 160 Å². The second-order valence-corrected chi connectivity index (χ2v) is 8.48. The summed E-state index contributed by atoms with van der Waals surface area (Å²) in [5, 5.41) is 4.44. The largest absolute Gasteiger partial charge is 0.346 e. The zero-order valence-corrected chi connectivity index (χ0v) is 15.7. The first-order valence-electron chi connectivity index (χ1n) is 9.70. The number of alkyl halides is 2. The molecule has 8 heteroatoms. The van der Waals surface area contributed by atoms with Gasteiger partial charge in [0.1, 0.15) is 11.9 Å². The van der Waals surface area contributed by atoms with Gasteiger partial charge in [0.25, 0.3) is 5.92 Å². The van der Waals surface area contributed by atoms with E-state index < -0.39 is 17.4 Å². The third kappa shape index (κ3) is 2.53. The molecule has 1 saturated heterocycles. The van der Waals surface area contributed by atoms with Crippen molar-refractivity contribution in [3.05, 3.63) is 51.7 Å². The van der Waals surface area contributed by atoms with E-state index >= 15 is 0 Å². The molecule has 1 amide bonds. The van der Waals surface area contributed by atoms with E-state index in [0.29, 0.717) is 25.2 Å². The molecule has 1 aromatic carbocycles. The van der Waals surface area contributed by atoms with Crippen LogP contribution < -0.4 is 5.69 Å². The fourth-order valence-corrected chi connectivity index (χ4v) is 4.51. The topological polar surface area (TPSA) is 60.1 Å². The zero-order chi connectivity index (χ0) is 19.7. The summed E-state index contributed by atoms with van der Waals surface area (Å²) in [4.78, 5) is 27.3. The number of aryl methyl sites for hydroxylation is 2. The lowest BCUT2D eigenvalue weighted by atomic mass is 9.93. The molecule has 1 aliphatic carbocycles. The van der Waals surface area contributed by atoms with Crippen molar-refractivity contribution >= 4 is 5.91 Å². The Morgan fingerprint density at radius 2 is 1.93 bits per heavy atom. The molecule has 1 saturated carbocycles. The van der Waals surface area contributed by atoms with Gasteiger partial charge in [-0.15, -0.1) is 0 Å². The minimum absolute atomic E-state index is 0.0942. The van der Waals surface area contributed by atoms with Gasteiger partial charge in [-0.25, -0.2) is 18.3 Å². The Bertz CT molecular complexity index is 1000. The fraction of sp³-hybridized carbons (Fsp3) is 0.550. The second-order valence-electron chi connectivity index (χ2n) is 8.48. The van der Waals surface area contributed by atoms with Crippen LogP contribution in [0.3, 0.4) is 0 Å². The quantitative estimate of drug-likeness (QED) is 0.810. The van der Waals surface area contributed by atoms with Gasteiger partial charge in [-0.2, -0.15) is 5.10 Å². The van der Waals surface area contributed by atoms with E-state index in [-0.39, 0.29) is 31.1 Å². The van der Waals surface area contributed by atoms with Gasteiger partial charge in [-0.3, -0.25) is 9.36 Å². The molecule has 0 radical (unpaired) electrons. The summed E-state index contributed by atoms with van der Waals surface area (Å²) in [7, 11) is 0. The van der Waals surface area contributed by atoms with E-state index in [2.05, 4.69) is 5.10 Å². The lowest BCUT2D eigenvalue weighted by molar-refractivity contribution is -0.146. The Hall–Kier alpha value is -2.51. The van der Waals surface area contributed by atoms with Crippen molar-refractivity contribution in [3.63, 3.8) is 0 Å². The van der Waals surface area contributed by atoms with Gasteiger partial charge < -0.3 is 4.90 Å². The average Bonchev–Trinajstić information content (AvgIpc) is 3.09. The molecule has 0 unspecified atom stereocenters. The number of hydrogen-bond donors (Lipinski definition) is 0. The van der Waals surface area contributed by atoms with E-state index in [4.69, 9.17) is 0 Å². The number of nitrogens with zero attached hydrogens (tertiary/aromatic N) is 4. The molecular weight excluding hydrogens is 366 g/mol. The predicted molar refractivity (Wildman–Crippen MR) is 97.3 cm³/mol. The molecule has 0 bridgehead atoms. The molecule has 6 nitrogen and oxygen atoms in total. The van der Waals surface area contributed by atoms with Gasteiger partial charge in [0.15, 0.2) is 0 Å². The van der Waals surface area contributed by atoms with Crippen LogP contribution in [-0.4, -0.2) is 44.2 Å². The number of halogens is 2. The summed E-state index contributed by atoms with van der Waals surface area (Å²) in [6.45, 7) is 2.53. The zero-order valence-electron chi connectivity index (χ0n) is 15.7. The Morgan fingerprint density at radius 1 is 1.25 bits per heavy atom. The van der Waals surface area contributed by atoms with Crippen molar-refractivity contribution < 1.29 is 13.6 Å². The third-order valence-corrected chi connectivity index (χ3v) is 6.38. The van der Waals surface area contributed by atoms with Crippen molar-refractivity contribution in [1.82, 2.24) is 19.2 Å². The Balaban J connectivity index is 1.37. The summed E-state index contributed by atoms with van der Waals surface area (Å²) in [5.41, 5.74) is 0.799. The molecule has 2 aromatic rings. The molecule has 1 spiro atoms. The number of likely N-dealkylation sites (tertiary alicyclic amines) is 1. The smallest absolute Gasteiger partial charge is 0.339 e. The summed E-state index contributed by atoms with van der Waals surface area (Å²) < 4.78 is 29.8. The van der Waals surface area contributed by atoms with Gasteiger partial charge in [-0.05, 0) is 25.3 Å². The highest BCUT2D eigenvalue weighted by molar-refractivity contribution is 5.82. The molecule has 5 rings (SSSR count). The van der Waals surface area contributed by atoms with Gasteiger partial charge in [0, 0.05) is 25.9 Å². The Morgan fingerprint density at radius 3 is 2.57 bits per heavy atom. The monoisotopic (exact) mass is 388 g/mol. The van der Waals surface area contributed by atoms with Crippen LogP contribution in [0.15, 0.2) is 29.1 Å². The highest BCUT2D eigenvalue weighted by Gasteiger charge is 2.76. The highest BCUT2D eigenvalue weighted by atomic mass is 19.3. The van der Waals surface area contributed by atoms with Crippen LogP contribution in [0, 0.1) is 12.3 Å². The number of amides is 1. The van der Waals surface area contributed by atoms with Crippen LogP contribution in [-0.2, 0) is 17.8 Å². The fourth-order valence-electron chi connectivity index (χ4n) is 4.51. The standard InChI is InChI=1S/C20H22F2N4O2/c1-13-5-7-14(8-6-13)9-25-18(28)26-15(3-2-4-16(26)23-25)17(27)24-11-19(12-24)10-20(19,21)22/h5-8,15H,2-4,9-12H2,1H3/t15-/m0/s1. The molecule has 2 aliphatic heterocycles. The molecule has 148 valence electrons. The Kier molecular flexibility index (Phi) is 3.61. The number of benzene rings is 1. The van der Waals surface area contributed by atoms with Crippen molar-refractivity contribution in [2.24, 2.45) is 5.41 Å². The summed E-state index contributed by atoms with van der Waals surface area (Å²) in [6.07, 6.45) is 1.81. The molecule has 1 atom stereocenters. The first-order chi connectivity index (χ1) is 13.3. The van der Waals surface area contributed by atoms with Gasteiger partial charge in [0.05, 0.1) is 12.0 Å². The second kappa shape index (κ2) is 5.75. The van der Waals surface area contributed by atoms with Crippen molar-refractivity contribution in [2.45, 2.75) is 51.1 Å². The first-order valence-corrected chi connectivity index (χ1v) is 9.70. The number of carbonyl (C=O) groups is 1. The minimum atomic E-state index is -2.64. The van der Waals surface area contributed by atoms with E-state index in [0.717, 1.165) is 17.5 Å². The molecule has 1 aromatic heterocycles. The summed E-state index contributed by atoms with van der Waals surface area (Å²) >= 11 is 0. The molecular formula is C20H22F2N4O2. The van der Waals surface area contributed by atoms with Crippen molar-refractivity contribution in [1.29, 1.82) is 0 Å². The van der Waals surface area contributed by atoms with Crippen molar-refractivity contribution in [3.8, 4) is 0 Å². The number of fused-ring (bicyclic) bond motifs is 1. The SMILES string of the molecule is Cc1ccc(Cn2nc3n(c2=O)[C@H](C(=O)N2CC4(C2)CC4(F)F)CCC3)cc1. The lowest BCUT2D eigenvalue weighted by Gasteiger charge is -2.42. The first kappa shape index (κ1) is 17.6. The molecule has 2 fully saturated rings. The number of carbonyl (C=O) groups excluding carboxylic acids is 1. The molecule has 0 N–H and O–H groups in total. The summed E-state index contributed by atoms with van der Waals surface area (Å²) in [6, 6.07) is 7.25. The van der Waals surface area contributed by atoms with Crippen LogP contribution in [0.4, 0.5) is 8.78 Å². The number of rotatable bonds is 3. The van der Waals surface area contributed by atoms with E-state index in [1.165, 1.54) is 14.1 Å². The van der Waals surface area contributed by atoms with E-state index in [1.807, 2.05) is 31.2 Å². The van der Waals surface area contributed by atoms with Crippen LogP contribution in [0.1, 0.15) is 42.3 Å². The van der Waals surface area contributed by atoms with Crippen LogP contribution >= 0.6 is 0 Å². The third-order valence-electron chi connectivity index (χ3n) is 6.38. The van der Waals surface area contributed by atoms with Crippen molar-refractivity contribution in [2.75, 3.05) is 13.1 Å². The van der Waals surface area contributed by atoms with E-state index in [9.17, 15) is 18.4 Å². The maximum absolute atomic E-state index is 13.4. The normalized spacial score (nSPS) is 24.0. The van der Waals surface area contributed by atoms with Crippen LogP contribution in [0.5, 0.6) is 0 Å². The van der Waals surface area contributed by atoms with Gasteiger partial charge in [-0.1, -0.05) is 29.8 Å². The van der Waals surface area contributed by atoms with Gasteiger partial charge in [0.2, 0.25) is 5.91 Å². The van der Waals surface area contributed by atoms with E-state index in [1.54, 1.807) is 0 Å². The number of hydrogen-bond acceptors (Lipinski definition) is 3. The lowest BCUT2D eigenvalue weighted by Crippen LogP contribution is -2.56. The maximum Gasteiger partial charge on any atom is 0.346 e. The van der Waals surface area contributed by atoms with Gasteiger partial charge >= 0.3 is 5.69 Å². The van der Waals surface area contributed by atoms with Crippen LogP contribution in [0.25, 0.3) is 0 Å². The predicted octanol–water partition coefficient (Wildman–Crippen LogP) is 2.15. The summed E-state index contributed by atoms with van der Waals surface area (Å²) in [5.74, 6) is -2.27. The van der Waals surface area contributed by atoms with Crippen LogP contribution in [0.2, 0.25) is 0 Å². The minimum Gasteiger partial charge on any atom is -0.339 e. The number of aromatic nitrogens is 3. The molecule has 3 aliphatic rings. The maximum atomic E-state index is 13.4. The molecule has 3 heterocycles. The average molecular weight is 388 g/mol.